The minimum absolute atomic E-state index is 0. The summed E-state index contributed by atoms with van der Waals surface area (Å²) in [5.74, 6) is 0. The van der Waals surface area contributed by atoms with Gasteiger partial charge in [0.05, 0.1) is 0 Å². The maximum absolute atomic E-state index is 0. The van der Waals surface area contributed by atoms with E-state index in [0.29, 0.717) is 0 Å². The topological polar surface area (TPSA) is 210 Å². The van der Waals surface area contributed by atoms with E-state index in [0.717, 1.165) is 0 Å². The third-order valence-corrected chi connectivity index (χ3v) is 0. The summed E-state index contributed by atoms with van der Waals surface area (Å²) in [5, 5.41) is 0. The van der Waals surface area contributed by atoms with Crippen molar-refractivity contribution in [3.63, 3.8) is 0 Å². The van der Waals surface area contributed by atoms with E-state index < -0.39 is 0 Å². The first-order valence-electron chi connectivity index (χ1n) is 0. The summed E-state index contributed by atoms with van der Waals surface area (Å²) >= 11 is 0. The molecule has 0 unspecified atom stereocenters. The second-order valence-corrected chi connectivity index (χ2v) is 0. The third-order valence-electron chi connectivity index (χ3n) is 0. The van der Waals surface area contributed by atoms with Gasteiger partial charge in [0.15, 0.2) is 0 Å². The largest absolute Gasteiger partial charge is 2.00 e. The van der Waals surface area contributed by atoms with Crippen LogP contribution in [0.25, 0.3) is 0 Å². The fraction of sp³-hybridized carbons (Fsp3) is 0. The minimum Gasteiger partial charge on any atom is -1.00 e. The molecular formula is H7Ca2FIrO7-4. The SMILES string of the molecule is [Ca+2].[Ca+2].[F-].[Ir].[OH-].[OH-].[OH-].[OH-].[OH-].[OH-].[OH-]. The predicted octanol–water partition coefficient (Wildman–Crippen LogP) is -5.00. The maximum atomic E-state index is 0. The molecule has 1 radical (unpaired) electrons. The Hall–Kier alpha value is 2.82. The smallest absolute Gasteiger partial charge is 1.00 e. The number of halogens is 1. The van der Waals surface area contributed by atoms with Crippen molar-refractivity contribution in [3.8, 4) is 0 Å². The van der Waals surface area contributed by atoms with Crippen LogP contribution in [0, 0.1) is 0 Å². The Morgan fingerprint density at radius 1 is 0.364 bits per heavy atom. The van der Waals surface area contributed by atoms with Crippen LogP contribution in [0.4, 0.5) is 0 Å². The molecule has 0 aromatic rings. The number of hydrogen-bond donors (Lipinski definition) is 0. The van der Waals surface area contributed by atoms with E-state index in [1.807, 2.05) is 0 Å². The van der Waals surface area contributed by atoms with Crippen LogP contribution < -0.4 is 4.70 Å². The first kappa shape index (κ1) is 286. The van der Waals surface area contributed by atoms with Gasteiger partial charge in [-0.25, -0.2) is 0 Å². The molecule has 0 rings (SSSR count). The molecule has 0 heterocycles. The molecule has 7 N–H and O–H groups in total. The van der Waals surface area contributed by atoms with Crippen molar-refractivity contribution in [2.75, 3.05) is 0 Å². The third kappa shape index (κ3) is 189. The fourth-order valence-corrected chi connectivity index (χ4v) is 0. The Labute approximate surface area is 136 Å². The van der Waals surface area contributed by atoms with Crippen LogP contribution >= 0.6 is 0 Å². The van der Waals surface area contributed by atoms with Gasteiger partial charge < -0.3 is 43.0 Å². The summed E-state index contributed by atoms with van der Waals surface area (Å²) in [6, 6.07) is 0. The van der Waals surface area contributed by atoms with Crippen molar-refractivity contribution in [1.82, 2.24) is 0 Å². The summed E-state index contributed by atoms with van der Waals surface area (Å²) < 4.78 is 0. The molecule has 73 valence electrons. The zero-order valence-electron chi connectivity index (χ0n) is 5.26. The van der Waals surface area contributed by atoms with Crippen LogP contribution in [0.3, 0.4) is 0 Å². The minimum atomic E-state index is 0. The van der Waals surface area contributed by atoms with E-state index >= 15 is 0 Å². The van der Waals surface area contributed by atoms with Crippen molar-refractivity contribution >= 4 is 75.5 Å². The molecule has 0 aliphatic carbocycles. The second kappa shape index (κ2) is 225. The molecule has 0 atom stereocenters. The van der Waals surface area contributed by atoms with Gasteiger partial charge in [-0.05, 0) is 0 Å². The molecule has 11 heavy (non-hydrogen) atoms. The van der Waals surface area contributed by atoms with Crippen LogP contribution in [-0.2, 0) is 20.1 Å². The molecule has 0 aromatic heterocycles. The van der Waals surface area contributed by atoms with E-state index in [-0.39, 0.29) is 139 Å². The Balaban J connectivity index is 0. The van der Waals surface area contributed by atoms with Crippen LogP contribution in [0.5, 0.6) is 0 Å². The van der Waals surface area contributed by atoms with E-state index in [1.165, 1.54) is 0 Å². The van der Waals surface area contributed by atoms with Gasteiger partial charge in [-0.2, -0.15) is 0 Å². The summed E-state index contributed by atoms with van der Waals surface area (Å²) in [5.41, 5.74) is 0. The standard InChI is InChI=1S/2Ca.FH.Ir.7H2O/h;;1H;;7*1H2/q2*+2;;;;;;;;;/p-8. The number of hydrogen-bond acceptors (Lipinski definition) is 7. The van der Waals surface area contributed by atoms with Gasteiger partial charge >= 0.3 is 75.5 Å². The van der Waals surface area contributed by atoms with Gasteiger partial charge in [0, 0.05) is 20.1 Å². The van der Waals surface area contributed by atoms with Gasteiger partial charge in [0.1, 0.15) is 0 Å². The van der Waals surface area contributed by atoms with Crippen LogP contribution in [-0.4, -0.2) is 114 Å². The van der Waals surface area contributed by atoms with Gasteiger partial charge in [-0.3, -0.25) is 0 Å². The Bertz CT molecular complexity index is 16.4. The fourth-order valence-electron chi connectivity index (χ4n) is 0. The summed E-state index contributed by atoms with van der Waals surface area (Å²) in [6.45, 7) is 0. The summed E-state index contributed by atoms with van der Waals surface area (Å²) in [7, 11) is 0. The Morgan fingerprint density at radius 3 is 0.364 bits per heavy atom. The molecule has 0 aliphatic heterocycles. The molecule has 0 bridgehead atoms. The van der Waals surface area contributed by atoms with Crippen molar-refractivity contribution in [3.05, 3.63) is 0 Å². The van der Waals surface area contributed by atoms with Crippen LogP contribution in [0.15, 0.2) is 0 Å². The molecule has 0 aromatic carbocycles. The van der Waals surface area contributed by atoms with E-state index in [9.17, 15) is 0 Å². The van der Waals surface area contributed by atoms with Crippen molar-refractivity contribution in [2.45, 2.75) is 0 Å². The summed E-state index contributed by atoms with van der Waals surface area (Å²) in [4.78, 5) is 0. The van der Waals surface area contributed by atoms with Crippen molar-refractivity contribution in [1.29, 1.82) is 0 Å². The molecule has 11 heteroatoms. The van der Waals surface area contributed by atoms with Gasteiger partial charge in [0.2, 0.25) is 0 Å². The van der Waals surface area contributed by atoms with Crippen LogP contribution in [0.2, 0.25) is 0 Å². The average molecular weight is 410 g/mol. The predicted molar refractivity (Wildman–Crippen MR) is 25.1 cm³/mol. The zero-order valence-corrected chi connectivity index (χ0v) is 12.1. The molecule has 0 saturated heterocycles. The Kier molecular flexibility index (Phi) is 5850. The molecule has 0 amide bonds. The van der Waals surface area contributed by atoms with Crippen LogP contribution in [0.1, 0.15) is 0 Å². The molecule has 0 aliphatic rings. The average Bonchev–Trinajstić information content (AvgIpc) is 0. The molecule has 0 fully saturated rings. The van der Waals surface area contributed by atoms with Gasteiger partial charge in [-0.1, -0.05) is 0 Å². The molecule has 0 spiro atoms. The zero-order chi connectivity index (χ0) is 0. The Morgan fingerprint density at radius 2 is 0.364 bits per heavy atom. The first-order chi connectivity index (χ1) is 0. The quantitative estimate of drug-likeness (QED) is 0.354. The molecular weight excluding hydrogens is 403 g/mol. The van der Waals surface area contributed by atoms with E-state index in [4.69, 9.17) is 0 Å². The number of rotatable bonds is 0. The van der Waals surface area contributed by atoms with Gasteiger partial charge in [-0.15, -0.1) is 0 Å². The van der Waals surface area contributed by atoms with Crippen molar-refractivity contribution in [2.24, 2.45) is 0 Å². The molecule has 7 nitrogen and oxygen atoms in total. The normalized spacial score (nSPS) is 0. The van der Waals surface area contributed by atoms with Gasteiger partial charge in [0.25, 0.3) is 0 Å². The first-order valence-corrected chi connectivity index (χ1v) is 0. The monoisotopic (exact) mass is 411 g/mol. The van der Waals surface area contributed by atoms with E-state index in [2.05, 4.69) is 0 Å². The maximum Gasteiger partial charge on any atom is 2.00 e. The van der Waals surface area contributed by atoms with Crippen molar-refractivity contribution < 1.29 is 63.1 Å². The summed E-state index contributed by atoms with van der Waals surface area (Å²) in [6.07, 6.45) is 0. The molecule has 0 saturated carbocycles. The van der Waals surface area contributed by atoms with E-state index in [1.54, 1.807) is 0 Å². The second-order valence-electron chi connectivity index (χ2n) is 0.